The van der Waals surface area contributed by atoms with E-state index in [1.165, 1.54) is 19.3 Å². The van der Waals surface area contributed by atoms with Crippen molar-refractivity contribution < 1.29 is 4.79 Å². The average Bonchev–Trinajstić information content (AvgIpc) is 2.58. The van der Waals surface area contributed by atoms with Crippen LogP contribution in [0.4, 0.5) is 0 Å². The Balaban J connectivity index is 1.87. The van der Waals surface area contributed by atoms with Gasteiger partial charge in [0.05, 0.1) is 0 Å². The molecule has 0 bridgehead atoms. The number of rotatable bonds is 2. The predicted octanol–water partition coefficient (Wildman–Crippen LogP) is 1.78. The summed E-state index contributed by atoms with van der Waals surface area (Å²) in [5, 5.41) is 0. The van der Waals surface area contributed by atoms with E-state index in [9.17, 15) is 4.79 Å². The van der Waals surface area contributed by atoms with Crippen molar-refractivity contribution in [3.8, 4) is 0 Å². The second-order valence-corrected chi connectivity index (χ2v) is 5.29. The van der Waals surface area contributed by atoms with Crippen LogP contribution in [-0.2, 0) is 4.79 Å². The van der Waals surface area contributed by atoms with Crippen molar-refractivity contribution in [2.75, 3.05) is 24.7 Å². The van der Waals surface area contributed by atoms with Gasteiger partial charge < -0.3 is 4.90 Å². The first-order valence-corrected chi connectivity index (χ1v) is 6.30. The summed E-state index contributed by atoms with van der Waals surface area (Å²) in [7, 11) is 0. The van der Waals surface area contributed by atoms with Crippen LogP contribution in [0, 0.1) is 11.3 Å². The van der Waals surface area contributed by atoms with E-state index in [-0.39, 0.29) is 11.8 Å². The van der Waals surface area contributed by atoms with Crippen LogP contribution in [0.25, 0.3) is 0 Å². The smallest absolute Gasteiger partial charge is 0.237 e. The van der Waals surface area contributed by atoms with Gasteiger partial charge in [-0.15, -0.1) is 11.6 Å². The van der Waals surface area contributed by atoms with Crippen LogP contribution in [0.15, 0.2) is 0 Å². The van der Waals surface area contributed by atoms with Crippen molar-refractivity contribution in [2.24, 2.45) is 11.3 Å². The topological polar surface area (TPSA) is 20.3 Å². The van der Waals surface area contributed by atoms with Gasteiger partial charge in [-0.2, -0.15) is 12.6 Å². The Morgan fingerprint density at radius 2 is 2.29 bits per heavy atom. The molecule has 4 heteroatoms. The third kappa shape index (κ3) is 1.76. The van der Waals surface area contributed by atoms with E-state index in [0.717, 1.165) is 24.8 Å². The van der Waals surface area contributed by atoms with Gasteiger partial charge in [0.15, 0.2) is 0 Å². The molecule has 1 aliphatic carbocycles. The van der Waals surface area contributed by atoms with Gasteiger partial charge >= 0.3 is 0 Å². The van der Waals surface area contributed by atoms with Crippen molar-refractivity contribution in [2.45, 2.75) is 19.3 Å². The Kier molecular flexibility index (Phi) is 2.98. The maximum atomic E-state index is 11.4. The molecule has 2 aliphatic rings. The molecule has 2 rings (SSSR count). The largest absolute Gasteiger partial charge is 0.341 e. The lowest BCUT2D eigenvalue weighted by Crippen LogP contribution is -2.41. The van der Waals surface area contributed by atoms with Gasteiger partial charge in [-0.25, -0.2) is 0 Å². The molecule has 1 amide bonds. The van der Waals surface area contributed by atoms with Crippen molar-refractivity contribution in [3.63, 3.8) is 0 Å². The van der Waals surface area contributed by atoms with Gasteiger partial charge in [0.1, 0.15) is 5.88 Å². The monoisotopic (exact) mass is 233 g/mol. The molecule has 0 radical (unpaired) electrons. The fourth-order valence-electron chi connectivity index (χ4n) is 2.86. The maximum absolute atomic E-state index is 11.4. The minimum atomic E-state index is 0.0952. The summed E-state index contributed by atoms with van der Waals surface area (Å²) in [5.74, 6) is 2.00. The molecule has 0 aromatic carbocycles. The number of halogens is 1. The second-order valence-electron chi connectivity index (χ2n) is 4.66. The Bertz CT molecular complexity index is 240. The average molecular weight is 234 g/mol. The third-order valence-corrected chi connectivity index (χ3v) is 4.35. The Hall–Kier alpha value is 0.110. The zero-order valence-electron chi connectivity index (χ0n) is 8.21. The summed E-state index contributed by atoms with van der Waals surface area (Å²) in [6.07, 6.45) is 3.67. The number of nitrogens with zero attached hydrogens (tertiary/aromatic N) is 1. The molecule has 2 fully saturated rings. The fraction of sp³-hybridized carbons (Fsp3) is 0.900. The van der Waals surface area contributed by atoms with Crippen LogP contribution in [0.1, 0.15) is 19.3 Å². The molecule has 14 heavy (non-hydrogen) atoms. The lowest BCUT2D eigenvalue weighted by Gasteiger charge is -2.44. The zero-order valence-corrected chi connectivity index (χ0v) is 9.86. The summed E-state index contributed by atoms with van der Waals surface area (Å²) in [5.41, 5.74) is 0.440. The summed E-state index contributed by atoms with van der Waals surface area (Å²) in [6.45, 7) is 1.84. The van der Waals surface area contributed by atoms with Crippen LogP contribution >= 0.6 is 24.2 Å². The number of carbonyl (C=O) groups excluding carboxylic acids is 1. The Morgan fingerprint density at radius 3 is 2.86 bits per heavy atom. The lowest BCUT2D eigenvalue weighted by atomic mass is 9.62. The first-order valence-electron chi connectivity index (χ1n) is 5.14. The first-order chi connectivity index (χ1) is 6.69. The normalized spacial score (nSPS) is 36.1. The number of thiol groups is 1. The van der Waals surface area contributed by atoms with Crippen LogP contribution in [-0.4, -0.2) is 35.5 Å². The minimum absolute atomic E-state index is 0.0952. The van der Waals surface area contributed by atoms with Gasteiger partial charge in [-0.05, 0) is 36.3 Å². The number of carbonyl (C=O) groups is 1. The van der Waals surface area contributed by atoms with E-state index < -0.39 is 0 Å². The predicted molar refractivity (Wildman–Crippen MR) is 60.9 cm³/mol. The summed E-state index contributed by atoms with van der Waals surface area (Å²) >= 11 is 9.84. The van der Waals surface area contributed by atoms with Crippen molar-refractivity contribution in [1.29, 1.82) is 0 Å². The van der Waals surface area contributed by atoms with Gasteiger partial charge in [-0.3, -0.25) is 4.79 Å². The molecule has 1 aliphatic heterocycles. The van der Waals surface area contributed by atoms with Crippen LogP contribution < -0.4 is 0 Å². The van der Waals surface area contributed by atoms with Crippen LogP contribution in [0.2, 0.25) is 0 Å². The lowest BCUT2D eigenvalue weighted by molar-refractivity contribution is -0.128. The van der Waals surface area contributed by atoms with Crippen molar-refractivity contribution >= 4 is 30.1 Å². The fourth-order valence-corrected chi connectivity index (χ4v) is 3.29. The number of hydrogen-bond donors (Lipinski definition) is 1. The molecule has 0 aromatic heterocycles. The first kappa shape index (κ1) is 10.6. The molecular weight excluding hydrogens is 218 g/mol. The molecule has 1 saturated heterocycles. The summed E-state index contributed by atoms with van der Waals surface area (Å²) in [4.78, 5) is 13.3. The maximum Gasteiger partial charge on any atom is 0.237 e. The molecule has 1 heterocycles. The van der Waals surface area contributed by atoms with Gasteiger partial charge in [0.2, 0.25) is 5.91 Å². The molecule has 0 aromatic rings. The number of hydrogen-bond acceptors (Lipinski definition) is 2. The molecule has 1 saturated carbocycles. The van der Waals surface area contributed by atoms with Crippen molar-refractivity contribution in [1.82, 2.24) is 4.90 Å². The van der Waals surface area contributed by atoms with E-state index in [0.29, 0.717) is 5.41 Å². The highest BCUT2D eigenvalue weighted by Gasteiger charge is 2.48. The highest BCUT2D eigenvalue weighted by Crippen LogP contribution is 2.51. The van der Waals surface area contributed by atoms with E-state index in [4.69, 9.17) is 11.6 Å². The highest BCUT2D eigenvalue weighted by molar-refractivity contribution is 7.80. The van der Waals surface area contributed by atoms with Gasteiger partial charge in [0, 0.05) is 13.1 Å². The van der Waals surface area contributed by atoms with Gasteiger partial charge in [0.25, 0.3) is 0 Å². The minimum Gasteiger partial charge on any atom is -0.341 e. The highest BCUT2D eigenvalue weighted by atomic mass is 35.5. The quantitative estimate of drug-likeness (QED) is 0.570. The molecule has 0 unspecified atom stereocenters. The molecular formula is C10H16ClNOS. The van der Waals surface area contributed by atoms with E-state index >= 15 is 0 Å². The van der Waals surface area contributed by atoms with Crippen molar-refractivity contribution in [3.05, 3.63) is 0 Å². The Labute approximate surface area is 95.4 Å². The standard InChI is InChI=1S/C10H16ClNOS/c11-5-9(13)12-2-1-10(7-12)3-8(4-10)6-14/h8,14H,1-7H2. The van der Waals surface area contributed by atoms with E-state index in [1.54, 1.807) is 0 Å². The molecule has 0 atom stereocenters. The number of alkyl halides is 1. The van der Waals surface area contributed by atoms with Crippen LogP contribution in [0.3, 0.4) is 0 Å². The van der Waals surface area contributed by atoms with Gasteiger partial charge in [-0.1, -0.05) is 0 Å². The Morgan fingerprint density at radius 1 is 1.57 bits per heavy atom. The molecule has 80 valence electrons. The molecule has 2 nitrogen and oxygen atoms in total. The summed E-state index contributed by atoms with van der Waals surface area (Å²) in [6, 6.07) is 0. The third-order valence-electron chi connectivity index (χ3n) is 3.61. The second kappa shape index (κ2) is 3.93. The molecule has 0 N–H and O–H groups in total. The van der Waals surface area contributed by atoms with Crippen LogP contribution in [0.5, 0.6) is 0 Å². The number of amides is 1. The van der Waals surface area contributed by atoms with E-state index in [2.05, 4.69) is 12.6 Å². The SMILES string of the molecule is O=C(CCl)N1CCC2(CC(CS)C2)C1. The summed E-state index contributed by atoms with van der Waals surface area (Å²) < 4.78 is 0. The van der Waals surface area contributed by atoms with E-state index in [1.807, 2.05) is 4.90 Å². The zero-order chi connectivity index (χ0) is 10.2. The number of likely N-dealkylation sites (tertiary alicyclic amines) is 1. The molecule has 1 spiro atoms.